The average molecular weight is 379 g/mol. The average Bonchev–Trinajstić information content (AvgIpc) is 2.62. The molecule has 0 spiro atoms. The number of aliphatic carboxylic acids is 1. The van der Waals surface area contributed by atoms with E-state index < -0.39 is 11.9 Å². The number of carboxylic acid groups (broad SMARTS) is 1. The van der Waals surface area contributed by atoms with E-state index in [4.69, 9.17) is 4.74 Å². The molecule has 142 valence electrons. The van der Waals surface area contributed by atoms with Gasteiger partial charge in [0.2, 0.25) is 5.91 Å². The Morgan fingerprint density at radius 2 is 2.12 bits per heavy atom. The Hall–Kier alpha value is -2.02. The molecule has 1 amide bonds. The van der Waals surface area contributed by atoms with Crippen molar-refractivity contribution in [3.63, 3.8) is 0 Å². The van der Waals surface area contributed by atoms with Gasteiger partial charge < -0.3 is 14.7 Å². The van der Waals surface area contributed by atoms with Gasteiger partial charge in [0, 0.05) is 18.6 Å². The number of benzene rings is 1. The van der Waals surface area contributed by atoms with E-state index in [1.165, 1.54) is 11.8 Å². The van der Waals surface area contributed by atoms with Crippen molar-refractivity contribution in [2.75, 3.05) is 19.4 Å². The highest BCUT2D eigenvalue weighted by Gasteiger charge is 2.33. The van der Waals surface area contributed by atoms with Gasteiger partial charge in [-0.2, -0.15) is 0 Å². The van der Waals surface area contributed by atoms with Gasteiger partial charge in [-0.25, -0.2) is 0 Å². The SMILES string of the molecule is COc1ccc2c(c1)CCCC2N(CC(=O)O)C(=O)C(C)CSC(C)=O. The van der Waals surface area contributed by atoms with E-state index >= 15 is 0 Å². The van der Waals surface area contributed by atoms with Crippen molar-refractivity contribution in [1.29, 1.82) is 0 Å². The van der Waals surface area contributed by atoms with Crippen molar-refractivity contribution in [3.8, 4) is 5.75 Å². The molecule has 1 aliphatic carbocycles. The maximum Gasteiger partial charge on any atom is 0.323 e. The number of ether oxygens (including phenoxy) is 1. The molecule has 1 N–H and O–H groups in total. The van der Waals surface area contributed by atoms with Crippen LogP contribution in [0, 0.1) is 5.92 Å². The third-order valence-electron chi connectivity index (χ3n) is 4.56. The van der Waals surface area contributed by atoms with E-state index in [0.29, 0.717) is 5.75 Å². The summed E-state index contributed by atoms with van der Waals surface area (Å²) in [4.78, 5) is 37.0. The van der Waals surface area contributed by atoms with E-state index in [1.807, 2.05) is 18.2 Å². The van der Waals surface area contributed by atoms with Crippen LogP contribution in [0.2, 0.25) is 0 Å². The molecule has 0 saturated carbocycles. The van der Waals surface area contributed by atoms with Crippen LogP contribution in [0.1, 0.15) is 43.9 Å². The molecule has 26 heavy (non-hydrogen) atoms. The summed E-state index contributed by atoms with van der Waals surface area (Å²) in [5.74, 6) is -0.578. The normalized spacial score (nSPS) is 17.1. The minimum absolute atomic E-state index is 0.0514. The van der Waals surface area contributed by atoms with E-state index in [1.54, 1.807) is 14.0 Å². The summed E-state index contributed by atoms with van der Waals surface area (Å²) in [6, 6.07) is 5.46. The van der Waals surface area contributed by atoms with Gasteiger partial charge in [0.05, 0.1) is 13.2 Å². The smallest absolute Gasteiger partial charge is 0.323 e. The lowest BCUT2D eigenvalue weighted by atomic mass is 9.86. The molecule has 7 heteroatoms. The van der Waals surface area contributed by atoms with Crippen LogP contribution < -0.4 is 4.74 Å². The summed E-state index contributed by atoms with van der Waals surface area (Å²) < 4.78 is 5.27. The summed E-state index contributed by atoms with van der Waals surface area (Å²) in [6.07, 6.45) is 2.49. The number of carboxylic acids is 1. The predicted octanol–water partition coefficient (Wildman–Crippen LogP) is 2.90. The third kappa shape index (κ3) is 5.00. The molecule has 0 aromatic heterocycles. The molecule has 1 aliphatic rings. The van der Waals surface area contributed by atoms with E-state index in [0.717, 1.165) is 47.9 Å². The van der Waals surface area contributed by atoms with Crippen LogP contribution in [0.5, 0.6) is 5.75 Å². The van der Waals surface area contributed by atoms with Crippen molar-refractivity contribution >= 4 is 28.8 Å². The quantitative estimate of drug-likeness (QED) is 0.784. The van der Waals surface area contributed by atoms with E-state index in [-0.39, 0.29) is 23.6 Å². The molecule has 0 saturated heterocycles. The molecule has 2 atom stereocenters. The second-order valence-corrected chi connectivity index (χ2v) is 7.73. The Morgan fingerprint density at radius 1 is 1.38 bits per heavy atom. The first kappa shape index (κ1) is 20.3. The Balaban J connectivity index is 2.28. The van der Waals surface area contributed by atoms with Gasteiger partial charge in [-0.15, -0.1) is 0 Å². The summed E-state index contributed by atoms with van der Waals surface area (Å²) in [7, 11) is 1.61. The number of carbonyl (C=O) groups is 3. The van der Waals surface area contributed by atoms with Crippen molar-refractivity contribution in [2.24, 2.45) is 5.92 Å². The zero-order valence-corrected chi connectivity index (χ0v) is 16.2. The minimum atomic E-state index is -1.04. The number of rotatable bonds is 7. The molecule has 2 rings (SSSR count). The number of nitrogens with zero attached hydrogens (tertiary/aromatic N) is 1. The van der Waals surface area contributed by atoms with E-state index in [9.17, 15) is 19.5 Å². The molecule has 6 nitrogen and oxygen atoms in total. The number of hydrogen-bond acceptors (Lipinski definition) is 5. The Kier molecular flexibility index (Phi) is 7.08. The maximum absolute atomic E-state index is 12.9. The molecule has 0 bridgehead atoms. The maximum atomic E-state index is 12.9. The summed E-state index contributed by atoms with van der Waals surface area (Å²) >= 11 is 1.09. The molecule has 1 aromatic carbocycles. The number of carbonyl (C=O) groups excluding carboxylic acids is 2. The van der Waals surface area contributed by atoms with Crippen LogP contribution in [0.15, 0.2) is 18.2 Å². The fourth-order valence-corrected chi connectivity index (χ4v) is 3.93. The molecule has 0 heterocycles. The zero-order chi connectivity index (χ0) is 19.3. The Bertz CT molecular complexity index is 691. The van der Waals surface area contributed by atoms with Crippen molar-refractivity contribution < 1.29 is 24.2 Å². The van der Waals surface area contributed by atoms with Gasteiger partial charge in [-0.3, -0.25) is 14.4 Å². The molecule has 0 fully saturated rings. The van der Waals surface area contributed by atoms with E-state index in [2.05, 4.69) is 0 Å². The van der Waals surface area contributed by atoms with Gasteiger partial charge in [0.15, 0.2) is 5.12 Å². The Morgan fingerprint density at radius 3 is 2.73 bits per heavy atom. The van der Waals surface area contributed by atoms with Crippen LogP contribution in [-0.2, 0) is 20.8 Å². The number of aryl methyl sites for hydroxylation is 1. The van der Waals surface area contributed by atoms with Crippen molar-refractivity contribution in [2.45, 2.75) is 39.2 Å². The molecule has 2 unspecified atom stereocenters. The minimum Gasteiger partial charge on any atom is -0.497 e. The third-order valence-corrected chi connectivity index (χ3v) is 5.63. The fourth-order valence-electron chi connectivity index (χ4n) is 3.30. The number of thioether (sulfide) groups is 1. The topological polar surface area (TPSA) is 83.9 Å². The molecule has 1 aromatic rings. The number of methoxy groups -OCH3 is 1. The standard InChI is InChI=1S/C19H25NO5S/c1-12(11-26-13(2)21)19(24)20(10-18(22)23)17-6-4-5-14-9-15(25-3)7-8-16(14)17/h7-9,12,17H,4-6,10-11H2,1-3H3,(H,22,23). The largest absolute Gasteiger partial charge is 0.497 e. The molecular formula is C19H25NO5S. The number of amides is 1. The monoisotopic (exact) mass is 379 g/mol. The second kappa shape index (κ2) is 9.07. The van der Waals surface area contributed by atoms with Gasteiger partial charge in [0.25, 0.3) is 0 Å². The van der Waals surface area contributed by atoms with Gasteiger partial charge in [0.1, 0.15) is 12.3 Å². The van der Waals surface area contributed by atoms with Crippen molar-refractivity contribution in [3.05, 3.63) is 29.3 Å². The van der Waals surface area contributed by atoms with Crippen LogP contribution >= 0.6 is 11.8 Å². The summed E-state index contributed by atoms with van der Waals surface area (Å²) in [5, 5.41) is 9.27. The first-order chi connectivity index (χ1) is 12.3. The highest BCUT2D eigenvalue weighted by Crippen LogP contribution is 2.36. The van der Waals surface area contributed by atoms with Gasteiger partial charge in [-0.05, 0) is 42.5 Å². The van der Waals surface area contributed by atoms with Gasteiger partial charge >= 0.3 is 5.97 Å². The van der Waals surface area contributed by atoms with Crippen LogP contribution in [0.25, 0.3) is 0 Å². The zero-order valence-electron chi connectivity index (χ0n) is 15.4. The van der Waals surface area contributed by atoms with Crippen LogP contribution in [-0.4, -0.2) is 46.4 Å². The summed E-state index contributed by atoms with van der Waals surface area (Å²) in [6.45, 7) is 2.86. The molecule has 0 radical (unpaired) electrons. The Labute approximate surface area is 157 Å². The lowest BCUT2D eigenvalue weighted by Crippen LogP contribution is -2.43. The lowest BCUT2D eigenvalue weighted by Gasteiger charge is -2.36. The van der Waals surface area contributed by atoms with Crippen LogP contribution in [0.4, 0.5) is 0 Å². The first-order valence-electron chi connectivity index (χ1n) is 8.66. The predicted molar refractivity (Wildman–Crippen MR) is 100 cm³/mol. The lowest BCUT2D eigenvalue weighted by molar-refractivity contribution is -0.148. The number of hydrogen-bond donors (Lipinski definition) is 1. The fraction of sp³-hybridized carbons (Fsp3) is 0.526. The highest BCUT2D eigenvalue weighted by molar-refractivity contribution is 8.13. The second-order valence-electron chi connectivity index (χ2n) is 6.54. The van der Waals surface area contributed by atoms with Crippen LogP contribution in [0.3, 0.4) is 0 Å². The molecular weight excluding hydrogens is 354 g/mol. The van der Waals surface area contributed by atoms with Crippen molar-refractivity contribution in [1.82, 2.24) is 4.90 Å². The van der Waals surface area contributed by atoms with Gasteiger partial charge in [-0.1, -0.05) is 24.8 Å². The number of fused-ring (bicyclic) bond motifs is 1. The molecule has 0 aliphatic heterocycles. The first-order valence-corrected chi connectivity index (χ1v) is 9.64. The highest BCUT2D eigenvalue weighted by atomic mass is 32.2. The summed E-state index contributed by atoms with van der Waals surface area (Å²) in [5.41, 5.74) is 2.08.